The summed E-state index contributed by atoms with van der Waals surface area (Å²) in [5.41, 5.74) is 2.10. The van der Waals surface area contributed by atoms with Gasteiger partial charge in [0.25, 0.3) is 0 Å². The second-order valence-corrected chi connectivity index (χ2v) is 4.54. The van der Waals surface area contributed by atoms with Crippen LogP contribution in [0.4, 0.5) is 0 Å². The fourth-order valence-electron chi connectivity index (χ4n) is 1.94. The largest absolute Gasteiger partial charge is 0.489 e. The molecule has 1 aromatic heterocycles. The highest BCUT2D eigenvalue weighted by Crippen LogP contribution is 2.21. The Kier molecular flexibility index (Phi) is 3.46. The van der Waals surface area contributed by atoms with E-state index in [4.69, 9.17) is 4.74 Å². The number of aromatic nitrogens is 3. The van der Waals surface area contributed by atoms with E-state index < -0.39 is 0 Å². The molecule has 0 saturated carbocycles. The molecule has 0 bridgehead atoms. The molecular weight excluding hydrogens is 250 g/mol. The zero-order chi connectivity index (χ0) is 13.8. The lowest BCUT2D eigenvalue weighted by molar-refractivity contribution is 0.306. The average molecular weight is 265 g/mol. The van der Waals surface area contributed by atoms with Crippen molar-refractivity contribution in [2.24, 2.45) is 7.05 Å². The summed E-state index contributed by atoms with van der Waals surface area (Å²) in [6, 6.07) is 17.9. The van der Waals surface area contributed by atoms with E-state index in [0.29, 0.717) is 12.4 Å². The number of hydrogen-bond donors (Lipinski definition) is 0. The summed E-state index contributed by atoms with van der Waals surface area (Å²) >= 11 is 0. The molecule has 0 saturated heterocycles. The third-order valence-corrected chi connectivity index (χ3v) is 2.94. The first kappa shape index (κ1) is 12.4. The maximum Gasteiger partial charge on any atom is 0.181 e. The maximum absolute atomic E-state index is 5.80. The molecule has 0 aliphatic rings. The maximum atomic E-state index is 5.80. The van der Waals surface area contributed by atoms with Gasteiger partial charge >= 0.3 is 0 Å². The van der Waals surface area contributed by atoms with E-state index in [2.05, 4.69) is 10.1 Å². The number of aryl methyl sites for hydroxylation is 1. The van der Waals surface area contributed by atoms with Crippen molar-refractivity contribution >= 4 is 0 Å². The topological polar surface area (TPSA) is 39.9 Å². The van der Waals surface area contributed by atoms with Crippen LogP contribution in [0.2, 0.25) is 0 Å². The predicted molar refractivity (Wildman–Crippen MR) is 77.2 cm³/mol. The molecule has 20 heavy (non-hydrogen) atoms. The molecule has 100 valence electrons. The van der Waals surface area contributed by atoms with Crippen LogP contribution in [0.1, 0.15) is 5.56 Å². The first-order chi connectivity index (χ1) is 9.81. The lowest BCUT2D eigenvalue weighted by Gasteiger charge is -2.07. The monoisotopic (exact) mass is 265 g/mol. The molecule has 3 aromatic rings. The molecule has 0 unspecified atom stereocenters. The first-order valence-electron chi connectivity index (χ1n) is 6.44. The summed E-state index contributed by atoms with van der Waals surface area (Å²) < 4.78 is 7.49. The summed E-state index contributed by atoms with van der Waals surface area (Å²) in [5.74, 6) is 1.52. The third-order valence-electron chi connectivity index (χ3n) is 2.94. The number of ether oxygens (including phenoxy) is 1. The highest BCUT2D eigenvalue weighted by Gasteiger charge is 2.04. The van der Waals surface area contributed by atoms with Crippen molar-refractivity contribution in [3.05, 3.63) is 66.5 Å². The second-order valence-electron chi connectivity index (χ2n) is 4.54. The quantitative estimate of drug-likeness (QED) is 0.728. The Morgan fingerprint density at radius 2 is 1.90 bits per heavy atom. The van der Waals surface area contributed by atoms with Crippen molar-refractivity contribution < 1.29 is 4.74 Å². The van der Waals surface area contributed by atoms with Crippen LogP contribution in [0.15, 0.2) is 60.9 Å². The Morgan fingerprint density at radius 3 is 2.65 bits per heavy atom. The number of benzene rings is 2. The summed E-state index contributed by atoms with van der Waals surface area (Å²) in [6.45, 7) is 0.555. The normalized spacial score (nSPS) is 10.4. The SMILES string of the molecule is Cn1cnc(-c2cccc(OCc3ccccc3)c2)n1. The van der Waals surface area contributed by atoms with Gasteiger partial charge in [0, 0.05) is 12.6 Å². The molecule has 0 N–H and O–H groups in total. The van der Waals surface area contributed by atoms with Crippen LogP contribution in [-0.2, 0) is 13.7 Å². The third kappa shape index (κ3) is 2.85. The molecule has 0 aliphatic heterocycles. The van der Waals surface area contributed by atoms with Gasteiger partial charge in [0.05, 0.1) is 0 Å². The van der Waals surface area contributed by atoms with E-state index in [1.165, 1.54) is 0 Å². The van der Waals surface area contributed by atoms with Gasteiger partial charge in [-0.15, -0.1) is 0 Å². The van der Waals surface area contributed by atoms with Crippen LogP contribution >= 0.6 is 0 Å². The predicted octanol–water partition coefficient (Wildman–Crippen LogP) is 3.06. The Hall–Kier alpha value is -2.62. The van der Waals surface area contributed by atoms with Gasteiger partial charge in [0.1, 0.15) is 18.7 Å². The molecule has 0 spiro atoms. The molecule has 0 amide bonds. The second kappa shape index (κ2) is 5.57. The summed E-state index contributed by atoms with van der Waals surface area (Å²) in [7, 11) is 1.85. The number of rotatable bonds is 4. The van der Waals surface area contributed by atoms with E-state index in [9.17, 15) is 0 Å². The van der Waals surface area contributed by atoms with Crippen molar-refractivity contribution in [3.8, 4) is 17.1 Å². The Labute approximate surface area is 117 Å². The summed E-state index contributed by atoms with van der Waals surface area (Å²) in [4.78, 5) is 4.24. The lowest BCUT2D eigenvalue weighted by atomic mass is 10.2. The zero-order valence-electron chi connectivity index (χ0n) is 11.2. The minimum Gasteiger partial charge on any atom is -0.489 e. The smallest absolute Gasteiger partial charge is 0.181 e. The fraction of sp³-hybridized carbons (Fsp3) is 0.125. The van der Waals surface area contributed by atoms with Crippen LogP contribution in [0.25, 0.3) is 11.4 Å². The van der Waals surface area contributed by atoms with Gasteiger partial charge in [-0.25, -0.2) is 4.98 Å². The number of hydrogen-bond acceptors (Lipinski definition) is 3. The zero-order valence-corrected chi connectivity index (χ0v) is 11.2. The van der Waals surface area contributed by atoms with Crippen molar-refractivity contribution in [1.29, 1.82) is 0 Å². The molecular formula is C16H15N3O. The molecule has 4 heteroatoms. The van der Waals surface area contributed by atoms with Crippen molar-refractivity contribution in [1.82, 2.24) is 14.8 Å². The lowest BCUT2D eigenvalue weighted by Crippen LogP contribution is -1.95. The molecule has 2 aromatic carbocycles. The van der Waals surface area contributed by atoms with Crippen molar-refractivity contribution in [2.75, 3.05) is 0 Å². The van der Waals surface area contributed by atoms with Gasteiger partial charge in [-0.1, -0.05) is 42.5 Å². The Morgan fingerprint density at radius 1 is 1.05 bits per heavy atom. The molecule has 0 fully saturated rings. The van der Waals surface area contributed by atoms with E-state index in [1.54, 1.807) is 11.0 Å². The van der Waals surface area contributed by atoms with Crippen LogP contribution in [0.5, 0.6) is 5.75 Å². The van der Waals surface area contributed by atoms with Gasteiger partial charge in [-0.2, -0.15) is 5.10 Å². The summed E-state index contributed by atoms with van der Waals surface area (Å²) in [5, 5.41) is 4.29. The van der Waals surface area contributed by atoms with Crippen molar-refractivity contribution in [2.45, 2.75) is 6.61 Å². The highest BCUT2D eigenvalue weighted by molar-refractivity contribution is 5.56. The van der Waals surface area contributed by atoms with Gasteiger partial charge in [0.15, 0.2) is 5.82 Å². The van der Waals surface area contributed by atoms with Crippen LogP contribution < -0.4 is 4.74 Å². The molecule has 0 radical (unpaired) electrons. The van der Waals surface area contributed by atoms with Gasteiger partial charge < -0.3 is 4.74 Å². The van der Waals surface area contributed by atoms with Gasteiger partial charge in [0.2, 0.25) is 0 Å². The van der Waals surface area contributed by atoms with Crippen LogP contribution in [0.3, 0.4) is 0 Å². The van der Waals surface area contributed by atoms with E-state index in [-0.39, 0.29) is 0 Å². The van der Waals surface area contributed by atoms with E-state index in [0.717, 1.165) is 16.9 Å². The van der Waals surface area contributed by atoms with Crippen molar-refractivity contribution in [3.63, 3.8) is 0 Å². The van der Waals surface area contributed by atoms with Gasteiger partial charge in [-0.3, -0.25) is 4.68 Å². The molecule has 1 heterocycles. The minimum absolute atomic E-state index is 0.555. The molecule has 4 nitrogen and oxygen atoms in total. The van der Waals surface area contributed by atoms with Crippen LogP contribution in [0, 0.1) is 0 Å². The highest BCUT2D eigenvalue weighted by atomic mass is 16.5. The minimum atomic E-state index is 0.555. The van der Waals surface area contributed by atoms with Crippen LogP contribution in [-0.4, -0.2) is 14.8 Å². The molecule has 3 rings (SSSR count). The number of nitrogens with zero attached hydrogens (tertiary/aromatic N) is 3. The van der Waals surface area contributed by atoms with E-state index in [1.807, 2.05) is 61.6 Å². The Balaban J connectivity index is 1.75. The standard InChI is InChI=1S/C16H15N3O/c1-19-12-17-16(18-19)14-8-5-9-15(10-14)20-11-13-6-3-2-4-7-13/h2-10,12H,11H2,1H3. The summed E-state index contributed by atoms with van der Waals surface area (Å²) in [6.07, 6.45) is 1.69. The Bertz CT molecular complexity index is 692. The first-order valence-corrected chi connectivity index (χ1v) is 6.44. The molecule has 0 atom stereocenters. The fourth-order valence-corrected chi connectivity index (χ4v) is 1.94. The van der Waals surface area contributed by atoms with Gasteiger partial charge in [-0.05, 0) is 17.7 Å². The average Bonchev–Trinajstić information content (AvgIpc) is 2.93. The van der Waals surface area contributed by atoms with E-state index >= 15 is 0 Å². The molecule has 0 aliphatic carbocycles.